The second-order valence-electron chi connectivity index (χ2n) is 6.68. The lowest BCUT2D eigenvalue weighted by Crippen LogP contribution is -2.31. The van der Waals surface area contributed by atoms with Crippen molar-refractivity contribution in [2.45, 2.75) is 32.2 Å². The SMILES string of the molecule is CC[C@@H](NCC(=O)Nc1ccc(N2CCCC2)cc1)c1ccc(Br)cc1. The molecule has 0 radical (unpaired) electrons. The Morgan fingerprint density at radius 1 is 1.08 bits per heavy atom. The second kappa shape index (κ2) is 9.19. The van der Waals surface area contributed by atoms with Gasteiger partial charge >= 0.3 is 0 Å². The molecule has 1 aliphatic heterocycles. The molecule has 0 bridgehead atoms. The number of amides is 1. The number of carbonyl (C=O) groups is 1. The average molecular weight is 416 g/mol. The van der Waals surface area contributed by atoms with E-state index in [1.165, 1.54) is 24.1 Å². The van der Waals surface area contributed by atoms with E-state index in [0.717, 1.165) is 29.7 Å². The third-order valence-corrected chi connectivity index (χ3v) is 5.34. The normalized spacial score (nSPS) is 15.1. The fourth-order valence-corrected chi connectivity index (χ4v) is 3.61. The van der Waals surface area contributed by atoms with Crippen LogP contribution in [0, 0.1) is 0 Å². The highest BCUT2D eigenvalue weighted by atomic mass is 79.9. The van der Waals surface area contributed by atoms with Crippen LogP contribution in [-0.4, -0.2) is 25.5 Å². The van der Waals surface area contributed by atoms with Crippen LogP contribution in [0.3, 0.4) is 0 Å². The zero-order valence-electron chi connectivity index (χ0n) is 15.2. The predicted octanol–water partition coefficient (Wildman–Crippen LogP) is 4.73. The molecule has 1 aliphatic rings. The smallest absolute Gasteiger partial charge is 0.238 e. The van der Waals surface area contributed by atoms with Crippen LogP contribution in [-0.2, 0) is 4.79 Å². The maximum absolute atomic E-state index is 12.3. The van der Waals surface area contributed by atoms with Crippen molar-refractivity contribution >= 4 is 33.2 Å². The molecule has 1 fully saturated rings. The molecule has 0 saturated carbocycles. The van der Waals surface area contributed by atoms with Crippen molar-refractivity contribution in [1.29, 1.82) is 0 Å². The van der Waals surface area contributed by atoms with E-state index in [9.17, 15) is 4.79 Å². The molecular formula is C21H26BrN3O. The average Bonchev–Trinajstić information content (AvgIpc) is 3.19. The fourth-order valence-electron chi connectivity index (χ4n) is 3.34. The Balaban J connectivity index is 1.50. The molecule has 138 valence electrons. The van der Waals surface area contributed by atoms with E-state index in [0.29, 0.717) is 6.54 Å². The summed E-state index contributed by atoms with van der Waals surface area (Å²) < 4.78 is 1.06. The largest absolute Gasteiger partial charge is 0.372 e. The highest BCUT2D eigenvalue weighted by Gasteiger charge is 2.13. The van der Waals surface area contributed by atoms with E-state index in [2.05, 4.69) is 62.7 Å². The number of hydrogen-bond donors (Lipinski definition) is 2. The van der Waals surface area contributed by atoms with Crippen molar-refractivity contribution in [3.8, 4) is 0 Å². The van der Waals surface area contributed by atoms with Crippen LogP contribution in [0.15, 0.2) is 53.0 Å². The molecule has 2 N–H and O–H groups in total. The number of hydrogen-bond acceptors (Lipinski definition) is 3. The number of anilines is 2. The molecule has 3 rings (SSSR count). The Morgan fingerprint density at radius 3 is 2.35 bits per heavy atom. The topological polar surface area (TPSA) is 44.4 Å². The first-order valence-corrected chi connectivity index (χ1v) is 10.1. The maximum Gasteiger partial charge on any atom is 0.238 e. The molecular weight excluding hydrogens is 390 g/mol. The van der Waals surface area contributed by atoms with Gasteiger partial charge in [-0.25, -0.2) is 0 Å². The minimum absolute atomic E-state index is 0.0190. The van der Waals surface area contributed by atoms with Gasteiger partial charge in [0.2, 0.25) is 5.91 Å². The van der Waals surface area contributed by atoms with Gasteiger partial charge in [-0.1, -0.05) is 35.0 Å². The predicted molar refractivity (Wildman–Crippen MR) is 112 cm³/mol. The third kappa shape index (κ3) is 5.08. The van der Waals surface area contributed by atoms with E-state index < -0.39 is 0 Å². The molecule has 0 spiro atoms. The molecule has 1 saturated heterocycles. The first kappa shape index (κ1) is 18.9. The summed E-state index contributed by atoms with van der Waals surface area (Å²) in [6.45, 7) is 4.67. The van der Waals surface area contributed by atoms with Gasteiger partial charge in [0, 0.05) is 35.0 Å². The molecule has 0 aromatic heterocycles. The highest BCUT2D eigenvalue weighted by molar-refractivity contribution is 9.10. The molecule has 0 unspecified atom stereocenters. The van der Waals surface area contributed by atoms with Gasteiger partial charge in [-0.2, -0.15) is 0 Å². The molecule has 5 heteroatoms. The number of nitrogens with zero attached hydrogens (tertiary/aromatic N) is 1. The Bertz CT molecular complexity index is 709. The van der Waals surface area contributed by atoms with Gasteiger partial charge in [0.05, 0.1) is 6.54 Å². The van der Waals surface area contributed by atoms with Crippen molar-refractivity contribution in [3.05, 3.63) is 58.6 Å². The Hall–Kier alpha value is -1.85. The third-order valence-electron chi connectivity index (χ3n) is 4.81. The minimum Gasteiger partial charge on any atom is -0.372 e. The highest BCUT2D eigenvalue weighted by Crippen LogP contribution is 2.22. The van der Waals surface area contributed by atoms with Crippen LogP contribution >= 0.6 is 15.9 Å². The number of nitrogens with one attached hydrogen (secondary N) is 2. The summed E-state index contributed by atoms with van der Waals surface area (Å²) in [5.41, 5.74) is 3.27. The Labute approximate surface area is 164 Å². The van der Waals surface area contributed by atoms with Crippen LogP contribution in [0.5, 0.6) is 0 Å². The van der Waals surface area contributed by atoms with Crippen LogP contribution < -0.4 is 15.5 Å². The summed E-state index contributed by atoms with van der Waals surface area (Å²) in [7, 11) is 0. The number of halogens is 1. The first-order chi connectivity index (χ1) is 12.7. The zero-order chi connectivity index (χ0) is 18.4. The Morgan fingerprint density at radius 2 is 1.73 bits per heavy atom. The van der Waals surface area contributed by atoms with Gasteiger partial charge in [0.1, 0.15) is 0 Å². The van der Waals surface area contributed by atoms with Crippen molar-refractivity contribution in [3.63, 3.8) is 0 Å². The number of rotatable bonds is 7. The molecule has 4 nitrogen and oxygen atoms in total. The van der Waals surface area contributed by atoms with Crippen molar-refractivity contribution < 1.29 is 4.79 Å². The van der Waals surface area contributed by atoms with Gasteiger partial charge in [0.25, 0.3) is 0 Å². The second-order valence-corrected chi connectivity index (χ2v) is 7.60. The van der Waals surface area contributed by atoms with Crippen LogP contribution in [0.4, 0.5) is 11.4 Å². The fraction of sp³-hybridized carbons (Fsp3) is 0.381. The van der Waals surface area contributed by atoms with Crippen molar-refractivity contribution in [1.82, 2.24) is 5.32 Å². The lowest BCUT2D eigenvalue weighted by atomic mass is 10.0. The maximum atomic E-state index is 12.3. The standard InChI is InChI=1S/C21H26BrN3O/c1-2-20(16-5-7-17(22)8-6-16)23-15-21(26)24-18-9-11-19(12-10-18)25-13-3-4-14-25/h5-12,20,23H,2-4,13-15H2,1H3,(H,24,26)/t20-/m1/s1. The van der Waals surface area contributed by atoms with Crippen molar-refractivity contribution in [2.24, 2.45) is 0 Å². The van der Waals surface area contributed by atoms with Gasteiger partial charge < -0.3 is 15.5 Å². The molecule has 2 aromatic carbocycles. The van der Waals surface area contributed by atoms with E-state index in [-0.39, 0.29) is 11.9 Å². The van der Waals surface area contributed by atoms with E-state index in [4.69, 9.17) is 0 Å². The summed E-state index contributed by atoms with van der Waals surface area (Å²) in [5.74, 6) is -0.0190. The monoisotopic (exact) mass is 415 g/mol. The summed E-state index contributed by atoms with van der Waals surface area (Å²) in [6, 6.07) is 16.5. The molecule has 1 heterocycles. The van der Waals surface area contributed by atoms with Gasteiger partial charge in [-0.05, 0) is 61.2 Å². The van der Waals surface area contributed by atoms with Crippen LogP contribution in [0.2, 0.25) is 0 Å². The molecule has 1 atom stereocenters. The van der Waals surface area contributed by atoms with E-state index in [1.54, 1.807) is 0 Å². The summed E-state index contributed by atoms with van der Waals surface area (Å²) >= 11 is 3.45. The quantitative estimate of drug-likeness (QED) is 0.686. The van der Waals surface area contributed by atoms with E-state index >= 15 is 0 Å². The first-order valence-electron chi connectivity index (χ1n) is 9.29. The number of carbonyl (C=O) groups excluding carboxylic acids is 1. The van der Waals surface area contributed by atoms with Gasteiger partial charge in [0.15, 0.2) is 0 Å². The van der Waals surface area contributed by atoms with Crippen molar-refractivity contribution in [2.75, 3.05) is 29.9 Å². The lowest BCUT2D eigenvalue weighted by molar-refractivity contribution is -0.115. The Kier molecular flexibility index (Phi) is 6.69. The van der Waals surface area contributed by atoms with Gasteiger partial charge in [-0.15, -0.1) is 0 Å². The van der Waals surface area contributed by atoms with Gasteiger partial charge in [-0.3, -0.25) is 4.79 Å². The summed E-state index contributed by atoms with van der Waals surface area (Å²) in [6.07, 6.45) is 3.46. The minimum atomic E-state index is -0.0190. The lowest BCUT2D eigenvalue weighted by Gasteiger charge is -2.19. The summed E-state index contributed by atoms with van der Waals surface area (Å²) in [4.78, 5) is 14.7. The number of benzene rings is 2. The van der Waals surface area contributed by atoms with E-state index in [1.807, 2.05) is 24.3 Å². The molecule has 0 aliphatic carbocycles. The van der Waals surface area contributed by atoms with Crippen LogP contribution in [0.25, 0.3) is 0 Å². The molecule has 2 aromatic rings. The molecule has 26 heavy (non-hydrogen) atoms. The zero-order valence-corrected chi connectivity index (χ0v) is 16.8. The van der Waals surface area contributed by atoms with Crippen LogP contribution in [0.1, 0.15) is 37.8 Å². The molecule has 1 amide bonds. The summed E-state index contributed by atoms with van der Waals surface area (Å²) in [5, 5.41) is 6.32.